The number of anilines is 1. The molecule has 1 aromatic carbocycles. The Kier molecular flexibility index (Phi) is 7.07. The zero-order chi connectivity index (χ0) is 23.2. The molecule has 0 aliphatic rings. The van der Waals surface area contributed by atoms with Crippen molar-refractivity contribution in [3.8, 4) is 10.6 Å². The first-order chi connectivity index (χ1) is 16.0. The number of nitrogens with zero attached hydrogens (tertiary/aromatic N) is 2. The van der Waals surface area contributed by atoms with Crippen molar-refractivity contribution in [1.29, 1.82) is 0 Å². The fourth-order valence-corrected chi connectivity index (χ4v) is 4.48. The van der Waals surface area contributed by atoms with Gasteiger partial charge in [-0.05, 0) is 53.9 Å². The van der Waals surface area contributed by atoms with Gasteiger partial charge in [0.1, 0.15) is 11.6 Å². The van der Waals surface area contributed by atoms with Gasteiger partial charge in [0.2, 0.25) is 5.91 Å². The molecule has 8 heteroatoms. The first kappa shape index (κ1) is 22.6. The number of aliphatic hydroxyl groups excluding tert-OH is 1. The maximum absolute atomic E-state index is 13.5. The minimum absolute atomic E-state index is 0.0355. The molecule has 0 aliphatic carbocycles. The molecule has 3 heterocycles. The van der Waals surface area contributed by atoms with Crippen LogP contribution in [0, 0.1) is 5.82 Å². The van der Waals surface area contributed by atoms with E-state index in [0.717, 1.165) is 15.3 Å². The molecule has 0 aliphatic heterocycles. The van der Waals surface area contributed by atoms with Crippen molar-refractivity contribution in [2.24, 2.45) is 5.73 Å². The highest BCUT2D eigenvalue weighted by atomic mass is 32.1. The Labute approximate surface area is 195 Å². The van der Waals surface area contributed by atoms with Crippen LogP contribution in [0.3, 0.4) is 0 Å². The number of rotatable bonds is 9. The fourth-order valence-electron chi connectivity index (χ4n) is 3.64. The quantitative estimate of drug-likeness (QED) is 0.348. The molecule has 4 rings (SSSR count). The monoisotopic (exact) mass is 462 g/mol. The molecule has 4 N–H and O–H groups in total. The van der Waals surface area contributed by atoms with Crippen LogP contribution in [-0.2, 0) is 17.8 Å². The Morgan fingerprint density at radius 1 is 1.15 bits per heavy atom. The van der Waals surface area contributed by atoms with Gasteiger partial charge in [0, 0.05) is 29.4 Å². The van der Waals surface area contributed by atoms with Gasteiger partial charge in [-0.25, -0.2) is 9.37 Å². The highest BCUT2D eigenvalue weighted by molar-refractivity contribution is 7.15. The summed E-state index contributed by atoms with van der Waals surface area (Å²) in [4.78, 5) is 23.1. The van der Waals surface area contributed by atoms with E-state index in [1.54, 1.807) is 30.6 Å². The molecule has 3 aromatic heterocycles. The van der Waals surface area contributed by atoms with E-state index in [0.29, 0.717) is 35.6 Å². The number of hydrogen-bond donors (Lipinski definition) is 3. The Morgan fingerprint density at radius 3 is 2.73 bits per heavy atom. The van der Waals surface area contributed by atoms with Crippen LogP contribution in [0.2, 0.25) is 0 Å². The predicted molar refractivity (Wildman–Crippen MR) is 127 cm³/mol. The van der Waals surface area contributed by atoms with Crippen molar-refractivity contribution >= 4 is 23.1 Å². The number of benzene rings is 1. The summed E-state index contributed by atoms with van der Waals surface area (Å²) >= 11 is 1.45. The maximum atomic E-state index is 13.5. The summed E-state index contributed by atoms with van der Waals surface area (Å²) in [5, 5.41) is 12.7. The SMILES string of the molecule is NC(=O)C(c1cccnc1)c1ccc(-c2ccc(CO)s2)nc1NCCc1cccc(F)c1. The molecule has 0 fully saturated rings. The molecular formula is C25H23FN4O2S. The lowest BCUT2D eigenvalue weighted by Gasteiger charge is -2.19. The first-order valence-corrected chi connectivity index (χ1v) is 11.2. The van der Waals surface area contributed by atoms with Crippen molar-refractivity contribution in [1.82, 2.24) is 9.97 Å². The van der Waals surface area contributed by atoms with Crippen molar-refractivity contribution in [2.45, 2.75) is 18.9 Å². The zero-order valence-corrected chi connectivity index (χ0v) is 18.6. The van der Waals surface area contributed by atoms with Gasteiger partial charge in [-0.1, -0.05) is 24.3 Å². The van der Waals surface area contributed by atoms with Crippen LogP contribution in [0.1, 0.15) is 27.5 Å². The lowest BCUT2D eigenvalue weighted by molar-refractivity contribution is -0.118. The maximum Gasteiger partial charge on any atom is 0.229 e. The Morgan fingerprint density at radius 2 is 2.03 bits per heavy atom. The van der Waals surface area contributed by atoms with E-state index in [-0.39, 0.29) is 12.4 Å². The van der Waals surface area contributed by atoms with E-state index in [4.69, 9.17) is 10.7 Å². The molecule has 6 nitrogen and oxygen atoms in total. The Balaban J connectivity index is 1.68. The van der Waals surface area contributed by atoms with Gasteiger partial charge in [-0.3, -0.25) is 9.78 Å². The highest BCUT2D eigenvalue weighted by Gasteiger charge is 2.25. The standard InChI is InChI=1S/C25H23FN4O2S/c26-18-5-1-3-16(13-18)10-12-29-25-20(23(24(27)32)17-4-2-11-28-14-17)7-8-21(30-25)22-9-6-19(15-31)33-22/h1-9,11,13-14,23,31H,10,12,15H2,(H2,27,32)(H,29,30). The summed E-state index contributed by atoms with van der Waals surface area (Å²) < 4.78 is 13.5. The number of primary amides is 1. The molecule has 0 bridgehead atoms. The number of halogens is 1. The van der Waals surface area contributed by atoms with E-state index < -0.39 is 11.8 Å². The first-order valence-electron chi connectivity index (χ1n) is 10.4. The molecule has 0 radical (unpaired) electrons. The summed E-state index contributed by atoms with van der Waals surface area (Å²) in [7, 11) is 0. The van der Waals surface area contributed by atoms with Gasteiger partial charge in [-0.15, -0.1) is 11.3 Å². The molecule has 33 heavy (non-hydrogen) atoms. The summed E-state index contributed by atoms with van der Waals surface area (Å²) in [5.74, 6) is -0.996. The number of amides is 1. The second-order valence-electron chi connectivity index (χ2n) is 7.49. The van der Waals surface area contributed by atoms with Crippen LogP contribution in [0.25, 0.3) is 10.6 Å². The average molecular weight is 463 g/mol. The van der Waals surface area contributed by atoms with Crippen LogP contribution in [0.15, 0.2) is 73.1 Å². The topological polar surface area (TPSA) is 101 Å². The number of aliphatic hydroxyl groups is 1. The molecule has 1 atom stereocenters. The zero-order valence-electron chi connectivity index (χ0n) is 17.7. The van der Waals surface area contributed by atoms with Crippen molar-refractivity contribution in [2.75, 3.05) is 11.9 Å². The molecule has 4 aromatic rings. The summed E-state index contributed by atoms with van der Waals surface area (Å²) in [6, 6.07) is 17.4. The van der Waals surface area contributed by atoms with Crippen molar-refractivity contribution in [3.63, 3.8) is 0 Å². The van der Waals surface area contributed by atoms with Crippen LogP contribution >= 0.6 is 11.3 Å². The number of hydrogen-bond acceptors (Lipinski definition) is 6. The number of thiophene rings is 1. The third kappa shape index (κ3) is 5.42. The van der Waals surface area contributed by atoms with E-state index in [9.17, 15) is 14.3 Å². The minimum Gasteiger partial charge on any atom is -0.391 e. The van der Waals surface area contributed by atoms with Crippen molar-refractivity contribution in [3.05, 3.63) is 100 Å². The fraction of sp³-hybridized carbons (Fsp3) is 0.160. The second kappa shape index (κ2) is 10.3. The minimum atomic E-state index is -0.728. The van der Waals surface area contributed by atoms with Crippen LogP contribution in [0.4, 0.5) is 10.2 Å². The van der Waals surface area contributed by atoms with Gasteiger partial charge < -0.3 is 16.2 Å². The van der Waals surface area contributed by atoms with Crippen LogP contribution in [0.5, 0.6) is 0 Å². The van der Waals surface area contributed by atoms with E-state index in [1.165, 1.54) is 23.5 Å². The number of carbonyl (C=O) groups excluding carboxylic acids is 1. The van der Waals surface area contributed by atoms with Gasteiger partial charge in [0.05, 0.1) is 23.1 Å². The van der Waals surface area contributed by atoms with E-state index >= 15 is 0 Å². The lowest BCUT2D eigenvalue weighted by Crippen LogP contribution is -2.24. The van der Waals surface area contributed by atoms with E-state index in [2.05, 4.69) is 10.3 Å². The molecular weight excluding hydrogens is 439 g/mol. The third-order valence-corrected chi connectivity index (χ3v) is 6.30. The van der Waals surface area contributed by atoms with Gasteiger partial charge in [-0.2, -0.15) is 0 Å². The number of nitrogens with two attached hydrogens (primary N) is 1. The molecule has 1 amide bonds. The predicted octanol–water partition coefficient (Wildman–Crippen LogP) is 4.11. The lowest BCUT2D eigenvalue weighted by atomic mass is 9.91. The van der Waals surface area contributed by atoms with E-state index in [1.807, 2.05) is 30.3 Å². The van der Waals surface area contributed by atoms with Gasteiger partial charge >= 0.3 is 0 Å². The molecule has 0 spiro atoms. The second-order valence-corrected chi connectivity index (χ2v) is 8.66. The summed E-state index contributed by atoms with van der Waals surface area (Å²) in [5.41, 5.74) is 8.66. The number of nitrogens with one attached hydrogen (secondary N) is 1. The van der Waals surface area contributed by atoms with Gasteiger partial charge in [0.25, 0.3) is 0 Å². The van der Waals surface area contributed by atoms with Crippen LogP contribution < -0.4 is 11.1 Å². The third-order valence-electron chi connectivity index (χ3n) is 5.20. The summed E-state index contributed by atoms with van der Waals surface area (Å²) in [6.07, 6.45) is 3.83. The Bertz CT molecular complexity index is 1250. The van der Waals surface area contributed by atoms with Crippen LogP contribution in [-0.4, -0.2) is 27.5 Å². The Hall–Kier alpha value is -3.62. The molecule has 1 unspecified atom stereocenters. The summed E-state index contributed by atoms with van der Waals surface area (Å²) in [6.45, 7) is 0.448. The average Bonchev–Trinajstić information content (AvgIpc) is 3.30. The molecule has 0 saturated heterocycles. The molecule has 168 valence electrons. The molecule has 0 saturated carbocycles. The highest BCUT2D eigenvalue weighted by Crippen LogP contribution is 2.33. The normalized spacial score (nSPS) is 11.8. The number of pyridine rings is 2. The largest absolute Gasteiger partial charge is 0.391 e. The number of aromatic nitrogens is 2. The van der Waals surface area contributed by atoms with Gasteiger partial charge in [0.15, 0.2) is 0 Å². The van der Waals surface area contributed by atoms with Crippen molar-refractivity contribution < 1.29 is 14.3 Å². The number of carbonyl (C=O) groups is 1. The smallest absolute Gasteiger partial charge is 0.229 e.